The number of halogens is 1. The van der Waals surface area contributed by atoms with E-state index in [1.807, 2.05) is 6.92 Å². The molecule has 0 aromatic heterocycles. The average molecular weight is 386 g/mol. The third kappa shape index (κ3) is 4.60. The number of carbonyl (C=O) groups is 2. The zero-order valence-corrected chi connectivity index (χ0v) is 14.7. The maximum Gasteiger partial charge on any atom is 0.326 e. The molecule has 1 saturated carbocycles. The van der Waals surface area contributed by atoms with Crippen LogP contribution in [0.3, 0.4) is 0 Å². The lowest BCUT2D eigenvalue weighted by molar-refractivity contribution is -0.139. The summed E-state index contributed by atoms with van der Waals surface area (Å²) in [6.07, 6.45) is 2.53. The topological polar surface area (TPSA) is 84.9 Å². The van der Waals surface area contributed by atoms with Gasteiger partial charge in [0.15, 0.2) is 11.5 Å². The van der Waals surface area contributed by atoms with Gasteiger partial charge in [-0.25, -0.2) is 4.79 Å². The number of carboxylic acids is 1. The lowest BCUT2D eigenvalue weighted by atomic mass is 10.1. The average Bonchev–Trinajstić information content (AvgIpc) is 3.32. The SMILES string of the molecule is CCOc1c(Br)cc(C(=O)NC(CC2CC2)C(=O)O)cc1OC. The second-order valence-corrected chi connectivity index (χ2v) is 6.32. The van der Waals surface area contributed by atoms with Gasteiger partial charge < -0.3 is 19.9 Å². The Morgan fingerprint density at radius 2 is 2.13 bits per heavy atom. The number of benzene rings is 1. The first-order valence-corrected chi connectivity index (χ1v) is 8.29. The molecule has 1 amide bonds. The van der Waals surface area contributed by atoms with Gasteiger partial charge in [0.25, 0.3) is 5.91 Å². The smallest absolute Gasteiger partial charge is 0.326 e. The highest BCUT2D eigenvalue weighted by molar-refractivity contribution is 9.10. The van der Waals surface area contributed by atoms with Gasteiger partial charge in [0.1, 0.15) is 6.04 Å². The van der Waals surface area contributed by atoms with Crippen LogP contribution in [0.4, 0.5) is 0 Å². The summed E-state index contributed by atoms with van der Waals surface area (Å²) in [6, 6.07) is 2.27. The summed E-state index contributed by atoms with van der Waals surface area (Å²) >= 11 is 3.35. The van der Waals surface area contributed by atoms with Gasteiger partial charge in [0.2, 0.25) is 0 Å². The van der Waals surface area contributed by atoms with Crippen molar-refractivity contribution in [2.45, 2.75) is 32.2 Å². The molecule has 0 heterocycles. The molecule has 0 spiro atoms. The molecule has 0 bridgehead atoms. The fourth-order valence-electron chi connectivity index (χ4n) is 2.29. The van der Waals surface area contributed by atoms with Crippen molar-refractivity contribution in [1.82, 2.24) is 5.32 Å². The molecule has 1 aliphatic carbocycles. The van der Waals surface area contributed by atoms with Crippen molar-refractivity contribution in [3.63, 3.8) is 0 Å². The molecular weight excluding hydrogens is 366 g/mol. The van der Waals surface area contributed by atoms with E-state index in [1.165, 1.54) is 7.11 Å². The molecule has 0 saturated heterocycles. The predicted molar refractivity (Wildman–Crippen MR) is 88.1 cm³/mol. The van der Waals surface area contributed by atoms with E-state index in [9.17, 15) is 14.7 Å². The first-order chi connectivity index (χ1) is 11.0. The summed E-state index contributed by atoms with van der Waals surface area (Å²) in [5.74, 6) is -0.125. The Morgan fingerprint density at radius 1 is 1.43 bits per heavy atom. The Morgan fingerprint density at radius 3 is 2.65 bits per heavy atom. The number of carboxylic acid groups (broad SMARTS) is 1. The number of rotatable bonds is 8. The second kappa shape index (κ2) is 7.68. The number of amides is 1. The number of hydrogen-bond donors (Lipinski definition) is 2. The Labute approximate surface area is 143 Å². The van der Waals surface area contributed by atoms with E-state index >= 15 is 0 Å². The fourth-order valence-corrected chi connectivity index (χ4v) is 2.84. The minimum atomic E-state index is -1.01. The van der Waals surface area contributed by atoms with Crippen molar-refractivity contribution in [1.29, 1.82) is 0 Å². The van der Waals surface area contributed by atoms with E-state index < -0.39 is 17.9 Å². The van der Waals surface area contributed by atoms with Crippen molar-refractivity contribution in [2.75, 3.05) is 13.7 Å². The number of nitrogens with one attached hydrogen (secondary N) is 1. The molecule has 7 heteroatoms. The molecule has 23 heavy (non-hydrogen) atoms. The summed E-state index contributed by atoms with van der Waals surface area (Å²) in [4.78, 5) is 23.6. The van der Waals surface area contributed by atoms with E-state index in [-0.39, 0.29) is 0 Å². The highest BCUT2D eigenvalue weighted by atomic mass is 79.9. The molecule has 1 unspecified atom stereocenters. The molecule has 2 N–H and O–H groups in total. The van der Waals surface area contributed by atoms with Crippen molar-refractivity contribution in [3.05, 3.63) is 22.2 Å². The Balaban J connectivity index is 2.17. The lowest BCUT2D eigenvalue weighted by Gasteiger charge is -2.16. The lowest BCUT2D eigenvalue weighted by Crippen LogP contribution is -2.41. The Kier molecular flexibility index (Phi) is 5.87. The van der Waals surface area contributed by atoms with Gasteiger partial charge >= 0.3 is 5.97 Å². The molecule has 1 aromatic rings. The van der Waals surface area contributed by atoms with E-state index in [4.69, 9.17) is 9.47 Å². The highest BCUT2D eigenvalue weighted by Crippen LogP contribution is 2.37. The van der Waals surface area contributed by atoms with Crippen molar-refractivity contribution in [2.24, 2.45) is 5.92 Å². The number of aliphatic carboxylic acids is 1. The van der Waals surface area contributed by atoms with Crippen LogP contribution in [0.15, 0.2) is 16.6 Å². The molecule has 6 nitrogen and oxygen atoms in total. The second-order valence-electron chi connectivity index (χ2n) is 5.47. The molecule has 0 radical (unpaired) electrons. The number of carbonyl (C=O) groups excluding carboxylic acids is 1. The van der Waals surface area contributed by atoms with Gasteiger partial charge in [-0.05, 0) is 47.3 Å². The van der Waals surface area contributed by atoms with Crippen molar-refractivity contribution >= 4 is 27.8 Å². The van der Waals surface area contributed by atoms with Gasteiger partial charge in [-0.1, -0.05) is 12.8 Å². The Bertz CT molecular complexity index is 600. The van der Waals surface area contributed by atoms with Gasteiger partial charge in [0, 0.05) is 5.56 Å². The third-order valence-corrected chi connectivity index (χ3v) is 4.24. The van der Waals surface area contributed by atoms with E-state index in [0.717, 1.165) is 12.8 Å². The van der Waals surface area contributed by atoms with Crippen LogP contribution in [0.25, 0.3) is 0 Å². The third-order valence-electron chi connectivity index (χ3n) is 3.65. The number of ether oxygens (including phenoxy) is 2. The first kappa shape index (κ1) is 17.6. The van der Waals surface area contributed by atoms with E-state index in [1.54, 1.807) is 12.1 Å². The molecule has 1 fully saturated rings. The van der Waals surface area contributed by atoms with E-state index in [2.05, 4.69) is 21.2 Å². The van der Waals surface area contributed by atoms with Gasteiger partial charge in [-0.15, -0.1) is 0 Å². The zero-order chi connectivity index (χ0) is 17.0. The fraction of sp³-hybridized carbons (Fsp3) is 0.500. The quantitative estimate of drug-likeness (QED) is 0.718. The van der Waals surface area contributed by atoms with Crippen LogP contribution in [0.1, 0.15) is 36.5 Å². The van der Waals surface area contributed by atoms with Crippen molar-refractivity contribution < 1.29 is 24.2 Å². The van der Waals surface area contributed by atoms with Gasteiger partial charge in [-0.2, -0.15) is 0 Å². The van der Waals surface area contributed by atoms with Crippen LogP contribution < -0.4 is 14.8 Å². The van der Waals surface area contributed by atoms with Crippen LogP contribution in [0, 0.1) is 5.92 Å². The maximum atomic E-state index is 12.4. The summed E-state index contributed by atoms with van der Waals surface area (Å²) in [7, 11) is 1.49. The summed E-state index contributed by atoms with van der Waals surface area (Å²) in [6.45, 7) is 2.31. The molecule has 0 aliphatic heterocycles. The molecule has 2 rings (SSSR count). The summed E-state index contributed by atoms with van der Waals surface area (Å²) < 4.78 is 11.3. The minimum absolute atomic E-state index is 0.319. The Hall–Kier alpha value is -1.76. The maximum absolute atomic E-state index is 12.4. The van der Waals surface area contributed by atoms with Gasteiger partial charge in [-0.3, -0.25) is 4.79 Å². The molecule has 126 valence electrons. The monoisotopic (exact) mass is 385 g/mol. The van der Waals surface area contributed by atoms with Crippen LogP contribution in [0.2, 0.25) is 0 Å². The highest BCUT2D eigenvalue weighted by Gasteiger charge is 2.30. The minimum Gasteiger partial charge on any atom is -0.493 e. The van der Waals surface area contributed by atoms with E-state index in [0.29, 0.717) is 40.5 Å². The molecule has 1 aromatic carbocycles. The normalized spacial score (nSPS) is 14.9. The number of hydrogen-bond acceptors (Lipinski definition) is 4. The van der Waals surface area contributed by atoms with Crippen LogP contribution in [-0.2, 0) is 4.79 Å². The largest absolute Gasteiger partial charge is 0.493 e. The predicted octanol–water partition coefficient (Wildman–Crippen LogP) is 2.84. The summed E-state index contributed by atoms with van der Waals surface area (Å²) in [5, 5.41) is 11.8. The van der Waals surface area contributed by atoms with Gasteiger partial charge in [0.05, 0.1) is 18.2 Å². The number of methoxy groups -OCH3 is 1. The first-order valence-electron chi connectivity index (χ1n) is 7.50. The molecular formula is C16H20BrNO5. The van der Waals surface area contributed by atoms with Crippen molar-refractivity contribution in [3.8, 4) is 11.5 Å². The standard InChI is InChI=1S/C16H20BrNO5/c1-3-23-14-11(17)7-10(8-13(14)22-2)15(19)18-12(16(20)21)6-9-4-5-9/h7-9,12H,3-6H2,1-2H3,(H,18,19)(H,20,21). The van der Waals surface area contributed by atoms with Crippen LogP contribution in [-0.4, -0.2) is 36.7 Å². The van der Waals surface area contributed by atoms with Crippen LogP contribution in [0.5, 0.6) is 11.5 Å². The van der Waals surface area contributed by atoms with Crippen LogP contribution >= 0.6 is 15.9 Å². The summed E-state index contributed by atoms with van der Waals surface area (Å²) in [5.41, 5.74) is 0.319. The molecule has 1 aliphatic rings. The zero-order valence-electron chi connectivity index (χ0n) is 13.1. The molecule has 1 atom stereocenters.